The van der Waals surface area contributed by atoms with Crippen molar-refractivity contribution in [2.75, 3.05) is 0 Å². The Labute approximate surface area is 233 Å². The number of benzene rings is 2. The average molecular weight is 605 g/mol. The predicted octanol–water partition coefficient (Wildman–Crippen LogP) is 12.5. The molecular weight excluding hydrogens is 556 g/mol. The van der Waals surface area contributed by atoms with E-state index < -0.39 is 0 Å². The zero-order valence-electron chi connectivity index (χ0n) is 22.4. The van der Waals surface area contributed by atoms with Crippen molar-refractivity contribution in [3.05, 3.63) is 56.0 Å². The Balaban J connectivity index is 1.64. The highest BCUT2D eigenvalue weighted by Gasteiger charge is 2.32. The van der Waals surface area contributed by atoms with Gasteiger partial charge in [0.05, 0.1) is 0 Å². The summed E-state index contributed by atoms with van der Waals surface area (Å²) >= 11 is 7.87. The third-order valence-corrected chi connectivity index (χ3v) is 10.0. The molecule has 0 radical (unpaired) electrons. The lowest BCUT2D eigenvalue weighted by Crippen LogP contribution is -2.03. The summed E-state index contributed by atoms with van der Waals surface area (Å²) in [5.41, 5.74) is 7.72. The molecule has 1 aliphatic carbocycles. The molecule has 1 atom stereocenters. The Kier molecular flexibility index (Phi) is 13.5. The highest BCUT2D eigenvalue weighted by atomic mass is 79.9. The maximum absolute atomic E-state index is 3.99. The molecule has 0 amide bonds. The predicted molar refractivity (Wildman–Crippen MR) is 163 cm³/mol. The van der Waals surface area contributed by atoms with Crippen molar-refractivity contribution in [1.29, 1.82) is 0 Å². The van der Waals surface area contributed by atoms with Gasteiger partial charge in [-0.05, 0) is 85.0 Å². The Morgan fingerprint density at radius 2 is 1.17 bits per heavy atom. The van der Waals surface area contributed by atoms with E-state index in [0.29, 0.717) is 5.92 Å². The van der Waals surface area contributed by atoms with Crippen LogP contribution in [0.1, 0.15) is 146 Å². The molecule has 0 fully saturated rings. The Bertz CT molecular complexity index is 885. The van der Waals surface area contributed by atoms with Crippen LogP contribution in [0.25, 0.3) is 11.1 Å². The van der Waals surface area contributed by atoms with Crippen LogP contribution in [0.5, 0.6) is 0 Å². The first-order valence-electron chi connectivity index (χ1n) is 14.8. The molecule has 0 heterocycles. The molecule has 1 unspecified atom stereocenters. The van der Waals surface area contributed by atoms with Gasteiger partial charge >= 0.3 is 0 Å². The van der Waals surface area contributed by atoms with Crippen LogP contribution in [0.2, 0.25) is 0 Å². The largest absolute Gasteiger partial charge is 0.0654 e. The van der Waals surface area contributed by atoms with Gasteiger partial charge in [0.1, 0.15) is 0 Å². The van der Waals surface area contributed by atoms with Gasteiger partial charge in [0.2, 0.25) is 0 Å². The Morgan fingerprint density at radius 3 is 1.80 bits per heavy atom. The van der Waals surface area contributed by atoms with Crippen LogP contribution in [0.3, 0.4) is 0 Å². The van der Waals surface area contributed by atoms with Crippen LogP contribution < -0.4 is 0 Å². The summed E-state index contributed by atoms with van der Waals surface area (Å²) in [6.07, 6.45) is 24.6. The topological polar surface area (TPSA) is 0 Å². The van der Waals surface area contributed by atoms with Gasteiger partial charge in [-0.25, -0.2) is 0 Å². The van der Waals surface area contributed by atoms with E-state index in [1.807, 2.05) is 0 Å². The molecule has 1 aliphatic rings. The molecule has 2 aromatic carbocycles. The lowest BCUT2D eigenvalue weighted by Gasteiger charge is -2.20. The van der Waals surface area contributed by atoms with Crippen LogP contribution >= 0.6 is 31.9 Å². The molecule has 0 N–H and O–H groups in total. The van der Waals surface area contributed by atoms with Gasteiger partial charge in [-0.1, -0.05) is 134 Å². The number of hydrogen-bond donors (Lipinski definition) is 0. The zero-order chi connectivity index (χ0) is 24.9. The molecule has 3 rings (SSSR count). The molecule has 0 nitrogen and oxygen atoms in total. The highest BCUT2D eigenvalue weighted by Crippen LogP contribution is 2.51. The van der Waals surface area contributed by atoms with Crippen molar-refractivity contribution < 1.29 is 0 Å². The van der Waals surface area contributed by atoms with Crippen molar-refractivity contribution >= 4 is 31.9 Å². The normalized spacial score (nSPS) is 14.3. The third kappa shape index (κ3) is 8.46. The maximum Gasteiger partial charge on any atom is 0.0352 e. The van der Waals surface area contributed by atoms with E-state index >= 15 is 0 Å². The number of unbranched alkanes of at least 4 members (excludes halogenated alkanes) is 14. The van der Waals surface area contributed by atoms with Gasteiger partial charge in [-0.3, -0.25) is 0 Å². The van der Waals surface area contributed by atoms with Crippen LogP contribution in [0, 0.1) is 0 Å². The summed E-state index contributed by atoms with van der Waals surface area (Å²) in [6.45, 7) is 4.60. The summed E-state index contributed by atoms with van der Waals surface area (Å²) in [6, 6.07) is 11.6. The van der Waals surface area contributed by atoms with Gasteiger partial charge in [0.25, 0.3) is 0 Å². The maximum atomic E-state index is 3.99. The average Bonchev–Trinajstić information content (AvgIpc) is 3.17. The van der Waals surface area contributed by atoms with E-state index in [1.54, 1.807) is 16.7 Å². The first kappa shape index (κ1) is 29.0. The Morgan fingerprint density at radius 1 is 0.629 bits per heavy atom. The summed E-state index contributed by atoms with van der Waals surface area (Å²) in [5, 5.41) is 0. The molecule has 194 valence electrons. The second-order valence-electron chi connectivity index (χ2n) is 10.7. The lowest BCUT2D eigenvalue weighted by atomic mass is 9.86. The van der Waals surface area contributed by atoms with Crippen molar-refractivity contribution in [2.24, 2.45) is 0 Å². The van der Waals surface area contributed by atoms with E-state index in [9.17, 15) is 0 Å². The summed E-state index contributed by atoms with van der Waals surface area (Å²) < 4.78 is 2.52. The quantitative estimate of drug-likeness (QED) is 0.149. The number of hydrogen-bond acceptors (Lipinski definition) is 0. The molecule has 0 aromatic heterocycles. The second kappa shape index (κ2) is 16.3. The summed E-state index contributed by atoms with van der Waals surface area (Å²) in [5.74, 6) is 0.565. The van der Waals surface area contributed by atoms with Crippen molar-refractivity contribution in [3.8, 4) is 11.1 Å². The third-order valence-electron chi connectivity index (χ3n) is 7.96. The van der Waals surface area contributed by atoms with Crippen LogP contribution in [0.15, 0.2) is 39.3 Å². The van der Waals surface area contributed by atoms with Gasteiger partial charge in [0, 0.05) is 14.9 Å². The second-order valence-corrected chi connectivity index (χ2v) is 12.4. The molecule has 0 bridgehead atoms. The van der Waals surface area contributed by atoms with Gasteiger partial charge < -0.3 is 0 Å². The molecule has 2 heteroatoms. The zero-order valence-corrected chi connectivity index (χ0v) is 25.6. The molecule has 0 saturated heterocycles. The number of fused-ring (bicyclic) bond motifs is 3. The minimum absolute atomic E-state index is 0.565. The fraction of sp³-hybridized carbons (Fsp3) is 0.636. The first-order chi connectivity index (χ1) is 17.2. The van der Waals surface area contributed by atoms with Crippen LogP contribution in [-0.2, 0) is 6.42 Å². The minimum Gasteiger partial charge on any atom is -0.0654 e. The standard InChI is InChI=1S/C33H48Br2/c1-3-5-7-9-11-13-15-17-23-28-26-21-19-20-22-27(26)30-25-31(34)33(35)29(32(28)30)24-18-16-14-12-10-8-6-4-2/h19-22,25,28H,3-18,23-24H2,1-2H3. The first-order valence-corrected chi connectivity index (χ1v) is 16.4. The van der Waals surface area contributed by atoms with Crippen LogP contribution in [0.4, 0.5) is 0 Å². The van der Waals surface area contributed by atoms with Gasteiger partial charge in [-0.2, -0.15) is 0 Å². The number of rotatable bonds is 18. The van der Waals surface area contributed by atoms with E-state index in [1.165, 1.54) is 136 Å². The highest BCUT2D eigenvalue weighted by molar-refractivity contribution is 9.13. The lowest BCUT2D eigenvalue weighted by molar-refractivity contribution is 0.551. The molecule has 0 aliphatic heterocycles. The van der Waals surface area contributed by atoms with Crippen molar-refractivity contribution in [1.82, 2.24) is 0 Å². The molecule has 2 aromatic rings. The fourth-order valence-corrected chi connectivity index (χ4v) is 6.97. The minimum atomic E-state index is 0.565. The van der Waals surface area contributed by atoms with Gasteiger partial charge in [0.15, 0.2) is 0 Å². The molecular formula is C33H48Br2. The fourth-order valence-electron chi connectivity index (χ4n) is 5.98. The van der Waals surface area contributed by atoms with Gasteiger partial charge in [-0.15, -0.1) is 0 Å². The smallest absolute Gasteiger partial charge is 0.0352 e. The molecule has 35 heavy (non-hydrogen) atoms. The van der Waals surface area contributed by atoms with Crippen molar-refractivity contribution in [3.63, 3.8) is 0 Å². The summed E-state index contributed by atoms with van der Waals surface area (Å²) in [7, 11) is 0. The SMILES string of the molecule is CCCCCCCCCCc1c(Br)c(Br)cc2c1C(CCCCCCCCCC)c1ccccc1-2. The van der Waals surface area contributed by atoms with E-state index in [0.717, 1.165) is 0 Å². The molecule has 0 saturated carbocycles. The molecule has 0 spiro atoms. The van der Waals surface area contributed by atoms with E-state index in [-0.39, 0.29) is 0 Å². The van der Waals surface area contributed by atoms with Crippen LogP contribution in [-0.4, -0.2) is 0 Å². The van der Waals surface area contributed by atoms with E-state index in [2.05, 4.69) is 76.0 Å². The Hall–Kier alpha value is -0.600. The van der Waals surface area contributed by atoms with E-state index in [4.69, 9.17) is 0 Å². The summed E-state index contributed by atoms with van der Waals surface area (Å²) in [4.78, 5) is 0. The monoisotopic (exact) mass is 602 g/mol. The van der Waals surface area contributed by atoms with Crippen molar-refractivity contribution in [2.45, 2.75) is 135 Å². The number of halogens is 2.